The molecule has 0 N–H and O–H groups in total. The molecule has 2 rings (SSSR count). The van der Waals surface area contributed by atoms with Gasteiger partial charge in [-0.3, -0.25) is 4.57 Å². The summed E-state index contributed by atoms with van der Waals surface area (Å²) in [6.07, 6.45) is 6.02. The Morgan fingerprint density at radius 2 is 1.52 bits per heavy atom. The van der Waals surface area contributed by atoms with E-state index in [1.165, 1.54) is 0 Å². The summed E-state index contributed by atoms with van der Waals surface area (Å²) >= 11 is 32.2. The molecular weight excluding hydrogens is 416 g/mol. The lowest BCUT2D eigenvalue weighted by Gasteiger charge is -2.37. The van der Waals surface area contributed by atoms with Crippen LogP contribution in [0.3, 0.4) is 0 Å². The second kappa shape index (κ2) is 7.48. The topological polar surface area (TPSA) is 26.3 Å². The van der Waals surface area contributed by atoms with Crippen LogP contribution in [0.5, 0.6) is 0 Å². The van der Waals surface area contributed by atoms with Crippen LogP contribution in [0.25, 0.3) is 0 Å². The van der Waals surface area contributed by atoms with Crippen molar-refractivity contribution in [2.45, 2.75) is 71.4 Å². The van der Waals surface area contributed by atoms with Crippen LogP contribution in [-0.2, 0) is 9.09 Å². The Balaban J connectivity index is 1.99. The molecule has 0 spiro atoms. The third-order valence-corrected chi connectivity index (χ3v) is 10.3. The molecule has 3 unspecified atom stereocenters. The van der Waals surface area contributed by atoms with E-state index in [-0.39, 0.29) is 5.25 Å². The third kappa shape index (κ3) is 5.49. The molecule has 3 atom stereocenters. The molecule has 2 nitrogen and oxygen atoms in total. The van der Waals surface area contributed by atoms with Gasteiger partial charge < -0.3 is 4.52 Å². The summed E-state index contributed by atoms with van der Waals surface area (Å²) in [5.41, 5.74) is 0. The highest BCUT2D eigenvalue weighted by Crippen LogP contribution is 2.70. The zero-order valence-corrected chi connectivity index (χ0v) is 16.9. The minimum Gasteiger partial charge on any atom is -0.303 e. The summed E-state index contributed by atoms with van der Waals surface area (Å²) in [7, 11) is 0. The van der Waals surface area contributed by atoms with Gasteiger partial charge in [0, 0.05) is 5.25 Å². The van der Waals surface area contributed by atoms with Crippen LogP contribution >= 0.6 is 74.9 Å². The molecule has 0 radical (unpaired) electrons. The molecule has 0 bridgehead atoms. The minimum absolute atomic E-state index is 0.207. The summed E-state index contributed by atoms with van der Waals surface area (Å²) in [6, 6.07) is 0. The van der Waals surface area contributed by atoms with Crippen molar-refractivity contribution in [2.75, 3.05) is 0 Å². The second-order valence-corrected chi connectivity index (χ2v) is 14.6. The van der Waals surface area contributed by atoms with Crippen molar-refractivity contribution in [2.24, 2.45) is 0 Å². The smallest absolute Gasteiger partial charge is 0.303 e. The predicted molar refractivity (Wildman–Crippen MR) is 95.5 cm³/mol. The first-order chi connectivity index (χ1) is 9.62. The highest BCUT2D eigenvalue weighted by atomic mass is 35.7. The first-order valence-corrected chi connectivity index (χ1v) is 12.6. The van der Waals surface area contributed by atoms with Gasteiger partial charge in [-0.25, -0.2) is 0 Å². The Hall–Kier alpha value is 1.99. The summed E-state index contributed by atoms with van der Waals surface area (Å²) in [4.78, 5) is 0. The molecule has 0 saturated heterocycles. The van der Waals surface area contributed by atoms with E-state index in [0.717, 1.165) is 43.5 Å². The molecule has 9 heteroatoms. The molecule has 0 heterocycles. The summed E-state index contributed by atoms with van der Waals surface area (Å²) < 4.78 is 16.2. The van der Waals surface area contributed by atoms with Crippen molar-refractivity contribution in [1.29, 1.82) is 0 Å². The van der Waals surface area contributed by atoms with Crippen molar-refractivity contribution in [3.05, 3.63) is 0 Å². The average Bonchev–Trinajstić information content (AvgIpc) is 2.34. The van der Waals surface area contributed by atoms with Crippen LogP contribution < -0.4 is 0 Å². The number of alkyl halides is 4. The number of rotatable bonds is 4. The van der Waals surface area contributed by atoms with Gasteiger partial charge >= 0.3 is 5.92 Å². The molecule has 0 aromatic rings. The molecule has 2 aliphatic carbocycles. The fourth-order valence-electron chi connectivity index (χ4n) is 2.71. The standard InChI is InChI=1S/C12H18Cl5O2PS/c13-11(14)7-3-1-5-9(11)19-20(17,18)21-10-6-2-4-8-12(10,15)16/h9-10H,1-8H2. The molecule has 0 aromatic carbocycles. The molecular formula is C12H18Cl5O2PS. The zero-order chi connectivity index (χ0) is 15.7. The summed E-state index contributed by atoms with van der Waals surface area (Å²) in [6.45, 7) is 0. The number of hydrogen-bond donors (Lipinski definition) is 0. The molecule has 2 fully saturated rings. The monoisotopic (exact) mass is 432 g/mol. The second-order valence-electron chi connectivity index (χ2n) is 5.63. The zero-order valence-electron chi connectivity index (χ0n) is 11.4. The molecule has 0 aliphatic heterocycles. The van der Waals surface area contributed by atoms with Crippen LogP contribution in [0.4, 0.5) is 0 Å². The van der Waals surface area contributed by atoms with E-state index in [2.05, 4.69) is 0 Å². The van der Waals surface area contributed by atoms with Crippen molar-refractivity contribution in [1.82, 2.24) is 0 Å². The van der Waals surface area contributed by atoms with E-state index in [1.54, 1.807) is 0 Å². The maximum absolute atomic E-state index is 12.6. The van der Waals surface area contributed by atoms with Gasteiger partial charge in [0.2, 0.25) is 0 Å². The Morgan fingerprint density at radius 1 is 0.952 bits per heavy atom. The van der Waals surface area contributed by atoms with Crippen molar-refractivity contribution in [3.8, 4) is 0 Å². The van der Waals surface area contributed by atoms with Gasteiger partial charge in [-0.2, -0.15) is 0 Å². The SMILES string of the molecule is O=P(Cl)(OC1CCCCC1(Cl)Cl)SC1CCCCC1(Cl)Cl. The number of halogens is 5. The van der Waals surface area contributed by atoms with Crippen molar-refractivity contribution >= 4 is 74.9 Å². The Morgan fingerprint density at radius 3 is 2.10 bits per heavy atom. The van der Waals surface area contributed by atoms with Gasteiger partial charge in [0.05, 0.1) is 6.10 Å². The van der Waals surface area contributed by atoms with E-state index >= 15 is 0 Å². The highest BCUT2D eigenvalue weighted by molar-refractivity contribution is 8.64. The molecule has 21 heavy (non-hydrogen) atoms. The lowest BCUT2D eigenvalue weighted by molar-refractivity contribution is 0.157. The molecule has 124 valence electrons. The average molecular weight is 435 g/mol. The Kier molecular flexibility index (Phi) is 6.88. The Bertz CT molecular complexity index is 386. The molecule has 2 saturated carbocycles. The van der Waals surface area contributed by atoms with Gasteiger partial charge in [-0.05, 0) is 48.3 Å². The van der Waals surface area contributed by atoms with Gasteiger partial charge in [0.1, 0.15) is 8.67 Å². The van der Waals surface area contributed by atoms with E-state index in [4.69, 9.17) is 62.2 Å². The van der Waals surface area contributed by atoms with Crippen LogP contribution in [0.1, 0.15) is 51.4 Å². The van der Waals surface area contributed by atoms with E-state index in [0.29, 0.717) is 19.3 Å². The third-order valence-electron chi connectivity index (χ3n) is 3.90. The largest absolute Gasteiger partial charge is 0.347 e. The fraction of sp³-hybridized carbons (Fsp3) is 1.00. The van der Waals surface area contributed by atoms with Gasteiger partial charge in [-0.1, -0.05) is 48.9 Å². The van der Waals surface area contributed by atoms with E-state index in [1.807, 2.05) is 0 Å². The molecule has 0 aromatic heterocycles. The number of hydrogen-bond acceptors (Lipinski definition) is 3. The lowest BCUT2D eigenvalue weighted by Crippen LogP contribution is -2.36. The summed E-state index contributed by atoms with van der Waals surface area (Å²) in [5, 5.41) is -0.207. The van der Waals surface area contributed by atoms with Crippen LogP contribution in [-0.4, -0.2) is 20.0 Å². The first-order valence-electron chi connectivity index (χ1n) is 7.05. The van der Waals surface area contributed by atoms with Gasteiger partial charge in [0.25, 0.3) is 0 Å². The van der Waals surface area contributed by atoms with Crippen LogP contribution in [0.2, 0.25) is 0 Å². The molecule has 0 amide bonds. The predicted octanol–water partition coefficient (Wildman–Crippen LogP) is 7.32. The summed E-state index contributed by atoms with van der Waals surface area (Å²) in [5.74, 6) is -3.44. The van der Waals surface area contributed by atoms with Crippen LogP contribution in [0, 0.1) is 0 Å². The maximum Gasteiger partial charge on any atom is 0.347 e. The molecule has 2 aliphatic rings. The normalized spacial score (nSPS) is 35.1. The van der Waals surface area contributed by atoms with Crippen molar-refractivity contribution in [3.63, 3.8) is 0 Å². The lowest BCUT2D eigenvalue weighted by atomic mass is 9.97. The van der Waals surface area contributed by atoms with Gasteiger partial charge in [0.15, 0.2) is 0 Å². The minimum atomic E-state index is -3.44. The fourth-order valence-corrected chi connectivity index (χ4v) is 9.41. The maximum atomic E-state index is 12.6. The first kappa shape index (κ1) is 19.3. The van der Waals surface area contributed by atoms with Gasteiger partial charge in [-0.15, -0.1) is 23.2 Å². The van der Waals surface area contributed by atoms with Crippen molar-refractivity contribution < 1.29 is 9.09 Å². The van der Waals surface area contributed by atoms with E-state index < -0.39 is 20.7 Å². The Labute approximate surface area is 154 Å². The quantitative estimate of drug-likeness (QED) is 0.343. The highest BCUT2D eigenvalue weighted by Gasteiger charge is 2.46. The van der Waals surface area contributed by atoms with E-state index in [9.17, 15) is 4.57 Å². The van der Waals surface area contributed by atoms with Crippen LogP contribution in [0.15, 0.2) is 0 Å².